The number of hydrogen-bond acceptors (Lipinski definition) is 2. The fourth-order valence-electron chi connectivity index (χ4n) is 3.39. The fourth-order valence-corrected chi connectivity index (χ4v) is 3.65. The zero-order valence-corrected chi connectivity index (χ0v) is 15.4. The number of benzene rings is 1. The molecule has 1 aliphatic carbocycles. The van der Waals surface area contributed by atoms with E-state index in [0.29, 0.717) is 13.0 Å². The Labute approximate surface area is 149 Å². The van der Waals surface area contributed by atoms with E-state index in [1.807, 2.05) is 34.9 Å². The van der Waals surface area contributed by atoms with Gasteiger partial charge in [0.1, 0.15) is 0 Å². The molecule has 3 rings (SSSR count). The summed E-state index contributed by atoms with van der Waals surface area (Å²) in [6, 6.07) is 9.80. The van der Waals surface area contributed by atoms with E-state index in [2.05, 4.69) is 29.8 Å². The first-order valence-electron chi connectivity index (χ1n) is 8.00. The second-order valence-electron chi connectivity index (χ2n) is 7.13. The van der Waals surface area contributed by atoms with Crippen LogP contribution in [0, 0.1) is 5.41 Å². The van der Waals surface area contributed by atoms with Crippen molar-refractivity contribution in [2.45, 2.75) is 39.7 Å². The zero-order valence-electron chi connectivity index (χ0n) is 13.8. The summed E-state index contributed by atoms with van der Waals surface area (Å²) in [5, 5.41) is 9.08. The normalized spacial score (nSPS) is 16.0. The van der Waals surface area contributed by atoms with Gasteiger partial charge in [0.25, 0.3) is 0 Å². The third-order valence-corrected chi connectivity index (χ3v) is 5.01. The molecule has 24 heavy (non-hydrogen) atoms. The van der Waals surface area contributed by atoms with E-state index in [0.717, 1.165) is 33.4 Å². The summed E-state index contributed by atoms with van der Waals surface area (Å²) in [5.41, 5.74) is 3.52. The van der Waals surface area contributed by atoms with Crippen molar-refractivity contribution in [2.24, 2.45) is 5.41 Å². The number of Topliss-reactive ketones (excluding diaryl/α,β-unsaturated/α-hetero) is 1. The lowest BCUT2D eigenvalue weighted by Crippen LogP contribution is -2.28. The van der Waals surface area contributed by atoms with Gasteiger partial charge in [-0.25, -0.2) is 0 Å². The van der Waals surface area contributed by atoms with Crippen LogP contribution in [0.4, 0.5) is 0 Å². The van der Waals surface area contributed by atoms with Gasteiger partial charge < -0.3 is 9.67 Å². The number of carbonyl (C=O) groups is 2. The Bertz CT molecular complexity index is 803. The molecule has 0 bridgehead atoms. The third-order valence-electron chi connectivity index (χ3n) is 4.48. The van der Waals surface area contributed by atoms with E-state index < -0.39 is 5.97 Å². The molecule has 1 aromatic heterocycles. The number of nitrogens with zero attached hydrogens (tertiary/aromatic N) is 1. The summed E-state index contributed by atoms with van der Waals surface area (Å²) in [6.45, 7) is 4.54. The summed E-state index contributed by atoms with van der Waals surface area (Å²) < 4.78 is 3.00. The van der Waals surface area contributed by atoms with Crippen molar-refractivity contribution < 1.29 is 14.7 Å². The van der Waals surface area contributed by atoms with Gasteiger partial charge >= 0.3 is 5.97 Å². The highest BCUT2D eigenvalue weighted by Gasteiger charge is 2.34. The van der Waals surface area contributed by atoms with Gasteiger partial charge in [-0.05, 0) is 35.6 Å². The number of halogens is 1. The fraction of sp³-hybridized carbons (Fsp3) is 0.368. The van der Waals surface area contributed by atoms with Gasteiger partial charge in [-0.2, -0.15) is 0 Å². The molecule has 4 nitrogen and oxygen atoms in total. The van der Waals surface area contributed by atoms with Crippen molar-refractivity contribution in [3.63, 3.8) is 0 Å². The molecule has 0 radical (unpaired) electrons. The number of rotatable bonds is 4. The standard InChI is InChI=1S/C19H20BrNO3/c1-19(2)10-16-14(17(22)11-19)9-15(21(16)8-7-18(23)24)12-3-5-13(20)6-4-12/h3-6,9H,7-8,10-11H2,1-2H3,(H,23,24). The third kappa shape index (κ3) is 3.31. The number of fused-ring (bicyclic) bond motifs is 1. The van der Waals surface area contributed by atoms with E-state index in [1.54, 1.807) is 0 Å². The van der Waals surface area contributed by atoms with Crippen LogP contribution in [-0.4, -0.2) is 21.4 Å². The second-order valence-corrected chi connectivity index (χ2v) is 8.05. The SMILES string of the molecule is CC1(C)CC(=O)c2cc(-c3ccc(Br)cc3)n(CCC(=O)O)c2C1. The van der Waals surface area contributed by atoms with Crippen LogP contribution in [0.1, 0.15) is 42.7 Å². The van der Waals surface area contributed by atoms with Crippen molar-refractivity contribution in [3.8, 4) is 11.3 Å². The first kappa shape index (κ1) is 17.0. The minimum Gasteiger partial charge on any atom is -0.481 e. The van der Waals surface area contributed by atoms with Gasteiger partial charge in [-0.15, -0.1) is 0 Å². The molecule has 0 saturated heterocycles. The highest BCUT2D eigenvalue weighted by atomic mass is 79.9. The van der Waals surface area contributed by atoms with Gasteiger partial charge in [0.15, 0.2) is 5.78 Å². The number of ketones is 1. The first-order chi connectivity index (χ1) is 11.3. The highest BCUT2D eigenvalue weighted by molar-refractivity contribution is 9.10. The summed E-state index contributed by atoms with van der Waals surface area (Å²) >= 11 is 3.43. The highest BCUT2D eigenvalue weighted by Crippen LogP contribution is 2.39. The monoisotopic (exact) mass is 389 g/mol. The Morgan fingerprint density at radius 1 is 1.25 bits per heavy atom. The quantitative estimate of drug-likeness (QED) is 0.834. The average molecular weight is 390 g/mol. The Balaban J connectivity index is 2.13. The molecular formula is C19H20BrNO3. The lowest BCUT2D eigenvalue weighted by molar-refractivity contribution is -0.137. The molecule has 1 heterocycles. The summed E-state index contributed by atoms with van der Waals surface area (Å²) in [5.74, 6) is -0.686. The average Bonchev–Trinajstić information content (AvgIpc) is 2.83. The smallest absolute Gasteiger partial charge is 0.305 e. The van der Waals surface area contributed by atoms with Crippen LogP contribution in [0.2, 0.25) is 0 Å². The molecule has 1 aliphatic rings. The van der Waals surface area contributed by atoms with Gasteiger partial charge in [0.05, 0.1) is 6.42 Å². The minimum absolute atomic E-state index is 0.0409. The maximum Gasteiger partial charge on any atom is 0.305 e. The van der Waals surface area contributed by atoms with Crippen LogP contribution in [0.5, 0.6) is 0 Å². The topological polar surface area (TPSA) is 59.3 Å². The lowest BCUT2D eigenvalue weighted by atomic mass is 9.76. The molecule has 0 fully saturated rings. The minimum atomic E-state index is -0.833. The number of aromatic nitrogens is 1. The van der Waals surface area contributed by atoms with Crippen LogP contribution in [0.3, 0.4) is 0 Å². The molecule has 0 atom stereocenters. The van der Waals surface area contributed by atoms with Crippen molar-refractivity contribution in [2.75, 3.05) is 0 Å². The molecule has 126 valence electrons. The summed E-state index contributed by atoms with van der Waals surface area (Å²) in [4.78, 5) is 23.6. The predicted molar refractivity (Wildman–Crippen MR) is 96.3 cm³/mol. The van der Waals surface area contributed by atoms with Gasteiger partial charge in [-0.3, -0.25) is 9.59 Å². The molecule has 0 saturated carbocycles. The van der Waals surface area contributed by atoms with Crippen LogP contribution in [-0.2, 0) is 17.8 Å². The van der Waals surface area contributed by atoms with E-state index >= 15 is 0 Å². The Morgan fingerprint density at radius 3 is 2.54 bits per heavy atom. The van der Waals surface area contributed by atoms with Crippen LogP contribution in [0.25, 0.3) is 11.3 Å². The van der Waals surface area contributed by atoms with Crippen LogP contribution < -0.4 is 0 Å². The largest absolute Gasteiger partial charge is 0.481 e. The van der Waals surface area contributed by atoms with Crippen molar-refractivity contribution in [1.82, 2.24) is 4.57 Å². The molecule has 1 N–H and O–H groups in total. The molecular weight excluding hydrogens is 370 g/mol. The number of carboxylic acid groups (broad SMARTS) is 1. The van der Waals surface area contributed by atoms with E-state index in [9.17, 15) is 9.59 Å². The molecule has 0 amide bonds. The number of aliphatic carboxylic acids is 1. The van der Waals surface area contributed by atoms with Crippen LogP contribution >= 0.6 is 15.9 Å². The van der Waals surface area contributed by atoms with Gasteiger partial charge in [-0.1, -0.05) is 41.9 Å². The lowest BCUT2D eigenvalue weighted by Gasteiger charge is -2.29. The van der Waals surface area contributed by atoms with Gasteiger partial charge in [0.2, 0.25) is 0 Å². The molecule has 5 heteroatoms. The molecule has 0 unspecified atom stereocenters. The van der Waals surface area contributed by atoms with Crippen molar-refractivity contribution in [3.05, 3.63) is 46.1 Å². The van der Waals surface area contributed by atoms with E-state index in [1.165, 1.54) is 0 Å². The zero-order chi connectivity index (χ0) is 17.5. The maximum atomic E-state index is 12.6. The van der Waals surface area contributed by atoms with Gasteiger partial charge in [0, 0.05) is 34.4 Å². The number of hydrogen-bond donors (Lipinski definition) is 1. The maximum absolute atomic E-state index is 12.6. The first-order valence-corrected chi connectivity index (χ1v) is 8.79. The molecule has 2 aromatic rings. The summed E-state index contributed by atoms with van der Waals surface area (Å²) in [7, 11) is 0. The number of carboxylic acids is 1. The molecule has 1 aromatic carbocycles. The van der Waals surface area contributed by atoms with Crippen molar-refractivity contribution >= 4 is 27.7 Å². The second kappa shape index (κ2) is 6.20. The number of carbonyl (C=O) groups excluding carboxylic acids is 1. The van der Waals surface area contributed by atoms with E-state index in [4.69, 9.17) is 5.11 Å². The Hall–Kier alpha value is -1.88. The predicted octanol–water partition coefficient (Wildman–Crippen LogP) is 4.55. The Morgan fingerprint density at radius 2 is 1.92 bits per heavy atom. The Kier molecular flexibility index (Phi) is 4.38. The van der Waals surface area contributed by atoms with Crippen LogP contribution in [0.15, 0.2) is 34.8 Å². The molecule has 0 aliphatic heterocycles. The van der Waals surface area contributed by atoms with Crippen molar-refractivity contribution in [1.29, 1.82) is 0 Å². The van der Waals surface area contributed by atoms with E-state index in [-0.39, 0.29) is 17.6 Å². The molecule has 0 spiro atoms. The summed E-state index contributed by atoms with van der Waals surface area (Å²) in [6.07, 6.45) is 1.35.